The molecule has 2 heterocycles. The Morgan fingerprint density at radius 1 is 1.33 bits per heavy atom. The molecule has 0 aromatic carbocycles. The first-order valence-corrected chi connectivity index (χ1v) is 7.66. The fourth-order valence-electron chi connectivity index (χ4n) is 2.65. The molecule has 2 N–H and O–H groups in total. The Labute approximate surface area is 124 Å². The Morgan fingerprint density at radius 2 is 2.05 bits per heavy atom. The third-order valence-electron chi connectivity index (χ3n) is 4.08. The summed E-state index contributed by atoms with van der Waals surface area (Å²) < 4.78 is 5.21. The molecule has 2 fully saturated rings. The van der Waals surface area contributed by atoms with E-state index in [-0.39, 0.29) is 5.91 Å². The van der Waals surface area contributed by atoms with E-state index in [9.17, 15) is 9.90 Å². The van der Waals surface area contributed by atoms with Crippen molar-refractivity contribution >= 4 is 5.91 Å². The Kier molecular flexibility index (Phi) is 4.57. The number of hydrogen-bond donors (Lipinski definition) is 2. The van der Waals surface area contributed by atoms with Crippen LogP contribution >= 0.6 is 0 Å². The van der Waals surface area contributed by atoms with Crippen LogP contribution in [0, 0.1) is 0 Å². The van der Waals surface area contributed by atoms with E-state index in [2.05, 4.69) is 15.1 Å². The van der Waals surface area contributed by atoms with Gasteiger partial charge in [-0.05, 0) is 25.0 Å². The van der Waals surface area contributed by atoms with Gasteiger partial charge in [-0.25, -0.2) is 0 Å². The number of aliphatic hydroxyl groups is 1. The molecule has 1 saturated carbocycles. The molecule has 0 unspecified atom stereocenters. The highest BCUT2D eigenvalue weighted by molar-refractivity contribution is 5.78. The van der Waals surface area contributed by atoms with E-state index in [0.29, 0.717) is 24.9 Å². The van der Waals surface area contributed by atoms with Crippen molar-refractivity contribution in [3.05, 3.63) is 24.2 Å². The predicted molar refractivity (Wildman–Crippen MR) is 77.7 cm³/mol. The van der Waals surface area contributed by atoms with Gasteiger partial charge >= 0.3 is 0 Å². The summed E-state index contributed by atoms with van der Waals surface area (Å²) in [5, 5.41) is 13.1. The molecule has 116 valence electrons. The van der Waals surface area contributed by atoms with Gasteiger partial charge in [0.2, 0.25) is 5.91 Å². The van der Waals surface area contributed by atoms with Gasteiger partial charge in [-0.1, -0.05) is 0 Å². The van der Waals surface area contributed by atoms with Crippen molar-refractivity contribution in [3.8, 4) is 0 Å². The number of carbonyl (C=O) groups excluding carboxylic acids is 1. The van der Waals surface area contributed by atoms with Gasteiger partial charge in [0.25, 0.3) is 0 Å². The van der Waals surface area contributed by atoms with Gasteiger partial charge < -0.3 is 14.8 Å². The van der Waals surface area contributed by atoms with Crippen molar-refractivity contribution in [1.82, 2.24) is 15.1 Å². The minimum Gasteiger partial charge on any atom is -0.467 e. The zero-order valence-electron chi connectivity index (χ0n) is 12.2. The Balaban J connectivity index is 1.37. The highest BCUT2D eigenvalue weighted by Gasteiger charge is 2.26. The number of β-amino-alcohol motifs (C(OH)–C–C–N with tert-alkyl or cyclic N) is 1. The number of furan rings is 1. The van der Waals surface area contributed by atoms with E-state index in [1.165, 1.54) is 0 Å². The molecule has 2 aliphatic rings. The molecule has 1 aromatic rings. The van der Waals surface area contributed by atoms with Gasteiger partial charge in [-0.15, -0.1) is 0 Å². The maximum absolute atomic E-state index is 11.8. The second kappa shape index (κ2) is 6.60. The lowest BCUT2D eigenvalue weighted by molar-refractivity contribution is -0.122. The van der Waals surface area contributed by atoms with Crippen molar-refractivity contribution in [1.29, 1.82) is 0 Å². The highest BCUT2D eigenvalue weighted by Crippen LogP contribution is 2.18. The van der Waals surface area contributed by atoms with Crippen LogP contribution in [-0.4, -0.2) is 66.1 Å². The van der Waals surface area contributed by atoms with Gasteiger partial charge in [0, 0.05) is 38.8 Å². The molecule has 6 heteroatoms. The maximum Gasteiger partial charge on any atom is 0.234 e. The fourth-order valence-corrected chi connectivity index (χ4v) is 2.65. The summed E-state index contributed by atoms with van der Waals surface area (Å²) in [6.45, 7) is 4.54. The average molecular weight is 293 g/mol. The first-order valence-electron chi connectivity index (χ1n) is 7.66. The molecule has 0 spiro atoms. The summed E-state index contributed by atoms with van der Waals surface area (Å²) in [4.78, 5) is 16.1. The minimum absolute atomic E-state index is 0.140. The van der Waals surface area contributed by atoms with E-state index in [1.54, 1.807) is 18.4 Å². The molecule has 0 radical (unpaired) electrons. The second-order valence-electron chi connectivity index (χ2n) is 5.95. The van der Waals surface area contributed by atoms with Gasteiger partial charge in [-0.3, -0.25) is 14.6 Å². The number of rotatable bonds is 6. The molecular formula is C15H23N3O3. The quantitative estimate of drug-likeness (QED) is 0.785. The standard InChI is InChI=1S/C15H23N3O3/c19-13(14-2-1-9-21-14)10-17-5-7-18(8-6-17)11-15(20)16-12-3-4-12/h1-2,9,12-13,19H,3-8,10-11H2,(H,16,20)/t13-/m1/s1. The SMILES string of the molecule is O=C(CN1CCN(C[C@@H](O)c2ccco2)CC1)NC1CC1. The summed E-state index contributed by atoms with van der Waals surface area (Å²) in [6.07, 6.45) is 3.26. The number of carbonyl (C=O) groups is 1. The van der Waals surface area contributed by atoms with Crippen LogP contribution in [0.25, 0.3) is 0 Å². The van der Waals surface area contributed by atoms with E-state index >= 15 is 0 Å². The van der Waals surface area contributed by atoms with Crippen LogP contribution in [-0.2, 0) is 4.79 Å². The first-order chi connectivity index (χ1) is 10.2. The molecule has 1 amide bonds. The smallest absolute Gasteiger partial charge is 0.234 e. The van der Waals surface area contributed by atoms with Crippen LogP contribution in [0.15, 0.2) is 22.8 Å². The normalized spacial score (nSPS) is 22.1. The van der Waals surface area contributed by atoms with E-state index in [4.69, 9.17) is 4.42 Å². The number of aliphatic hydroxyl groups excluding tert-OH is 1. The maximum atomic E-state index is 11.8. The summed E-state index contributed by atoms with van der Waals surface area (Å²) >= 11 is 0. The molecule has 3 rings (SSSR count). The van der Waals surface area contributed by atoms with Gasteiger partial charge in [0.05, 0.1) is 12.8 Å². The van der Waals surface area contributed by atoms with Crippen molar-refractivity contribution in [2.45, 2.75) is 25.0 Å². The molecule has 1 aliphatic carbocycles. The first kappa shape index (κ1) is 14.6. The summed E-state index contributed by atoms with van der Waals surface area (Å²) in [5.41, 5.74) is 0. The lowest BCUT2D eigenvalue weighted by Gasteiger charge is -2.34. The topological polar surface area (TPSA) is 69.0 Å². The molecule has 1 aliphatic heterocycles. The second-order valence-corrected chi connectivity index (χ2v) is 5.95. The van der Waals surface area contributed by atoms with E-state index in [1.807, 2.05) is 0 Å². The largest absolute Gasteiger partial charge is 0.467 e. The summed E-state index contributed by atoms with van der Waals surface area (Å²) in [5.74, 6) is 0.753. The molecular weight excluding hydrogens is 270 g/mol. The number of hydrogen-bond acceptors (Lipinski definition) is 5. The van der Waals surface area contributed by atoms with Crippen molar-refractivity contribution in [2.75, 3.05) is 39.3 Å². The molecule has 0 bridgehead atoms. The van der Waals surface area contributed by atoms with Crippen molar-refractivity contribution in [3.63, 3.8) is 0 Å². The third-order valence-corrected chi connectivity index (χ3v) is 4.08. The fraction of sp³-hybridized carbons (Fsp3) is 0.667. The molecule has 21 heavy (non-hydrogen) atoms. The summed E-state index contributed by atoms with van der Waals surface area (Å²) in [7, 11) is 0. The Morgan fingerprint density at radius 3 is 2.67 bits per heavy atom. The predicted octanol–water partition coefficient (Wildman–Crippen LogP) is 0.209. The van der Waals surface area contributed by atoms with E-state index in [0.717, 1.165) is 39.0 Å². The zero-order chi connectivity index (χ0) is 14.7. The van der Waals surface area contributed by atoms with Crippen LogP contribution in [0.5, 0.6) is 0 Å². The minimum atomic E-state index is -0.579. The number of nitrogens with zero attached hydrogens (tertiary/aromatic N) is 2. The summed E-state index contributed by atoms with van der Waals surface area (Å²) in [6, 6.07) is 4.01. The van der Waals surface area contributed by atoms with E-state index < -0.39 is 6.10 Å². The van der Waals surface area contributed by atoms with Crippen molar-refractivity contribution in [2.24, 2.45) is 0 Å². The number of piperazine rings is 1. The van der Waals surface area contributed by atoms with Crippen LogP contribution in [0.4, 0.5) is 0 Å². The number of nitrogens with one attached hydrogen (secondary N) is 1. The monoisotopic (exact) mass is 293 g/mol. The zero-order valence-corrected chi connectivity index (χ0v) is 12.2. The lowest BCUT2D eigenvalue weighted by Crippen LogP contribution is -2.50. The van der Waals surface area contributed by atoms with Gasteiger partial charge in [-0.2, -0.15) is 0 Å². The lowest BCUT2D eigenvalue weighted by atomic mass is 10.2. The number of amides is 1. The van der Waals surface area contributed by atoms with Crippen LogP contribution in [0.1, 0.15) is 24.7 Å². The average Bonchev–Trinajstić information content (AvgIpc) is 3.10. The van der Waals surface area contributed by atoms with Crippen LogP contribution < -0.4 is 5.32 Å². The van der Waals surface area contributed by atoms with Gasteiger partial charge in [0.15, 0.2) is 0 Å². The highest BCUT2D eigenvalue weighted by atomic mass is 16.4. The Bertz CT molecular complexity index is 451. The molecule has 1 saturated heterocycles. The van der Waals surface area contributed by atoms with Crippen LogP contribution in [0.3, 0.4) is 0 Å². The molecule has 1 atom stereocenters. The van der Waals surface area contributed by atoms with Crippen molar-refractivity contribution < 1.29 is 14.3 Å². The molecule has 1 aromatic heterocycles. The van der Waals surface area contributed by atoms with Crippen LogP contribution in [0.2, 0.25) is 0 Å². The Hall–Kier alpha value is -1.37. The third kappa shape index (κ3) is 4.30. The van der Waals surface area contributed by atoms with Gasteiger partial charge in [0.1, 0.15) is 11.9 Å². The molecule has 6 nitrogen and oxygen atoms in total.